The van der Waals surface area contributed by atoms with E-state index in [0.717, 1.165) is 37.2 Å². The van der Waals surface area contributed by atoms with Gasteiger partial charge >= 0.3 is 0 Å². The third kappa shape index (κ3) is 2.70. The van der Waals surface area contributed by atoms with Crippen LogP contribution in [0.3, 0.4) is 0 Å². The van der Waals surface area contributed by atoms with Crippen LogP contribution in [0.25, 0.3) is 0 Å². The summed E-state index contributed by atoms with van der Waals surface area (Å²) < 4.78 is 0. The third-order valence-electron chi connectivity index (χ3n) is 3.45. The second-order valence-corrected chi connectivity index (χ2v) is 4.80. The van der Waals surface area contributed by atoms with Gasteiger partial charge in [-0.15, -0.1) is 0 Å². The van der Waals surface area contributed by atoms with Crippen molar-refractivity contribution in [3.63, 3.8) is 0 Å². The number of benzene rings is 1. The van der Waals surface area contributed by atoms with Crippen LogP contribution < -0.4 is 4.90 Å². The van der Waals surface area contributed by atoms with E-state index in [1.807, 2.05) is 6.07 Å². The molecule has 0 atom stereocenters. The van der Waals surface area contributed by atoms with Crippen LogP contribution >= 0.6 is 0 Å². The minimum Gasteiger partial charge on any atom is -0.371 e. The number of nitrogens with zero attached hydrogens (tertiary/aromatic N) is 2. The van der Waals surface area contributed by atoms with E-state index < -0.39 is 0 Å². The molecule has 1 aromatic rings. The number of ketones is 1. The van der Waals surface area contributed by atoms with Gasteiger partial charge in [0.2, 0.25) is 0 Å². The molecule has 0 saturated carbocycles. The molecule has 1 aromatic carbocycles. The molecule has 0 aromatic heterocycles. The molecule has 0 bridgehead atoms. The van der Waals surface area contributed by atoms with Crippen LogP contribution in [0.4, 0.5) is 5.69 Å². The highest BCUT2D eigenvalue weighted by molar-refractivity contribution is 6.00. The Bertz CT molecular complexity index is 480. The molecule has 18 heavy (non-hydrogen) atoms. The number of hydrogen-bond acceptors (Lipinski definition) is 3. The Morgan fingerprint density at radius 3 is 2.44 bits per heavy atom. The quantitative estimate of drug-likeness (QED) is 0.748. The lowest BCUT2D eigenvalue weighted by Crippen LogP contribution is -2.25. The van der Waals surface area contributed by atoms with Gasteiger partial charge in [-0.2, -0.15) is 5.26 Å². The van der Waals surface area contributed by atoms with E-state index in [9.17, 15) is 4.79 Å². The first-order valence-electron chi connectivity index (χ1n) is 6.52. The van der Waals surface area contributed by atoms with Gasteiger partial charge in [0.1, 0.15) is 0 Å². The van der Waals surface area contributed by atoms with Crippen LogP contribution in [-0.4, -0.2) is 18.9 Å². The Morgan fingerprint density at radius 1 is 1.22 bits per heavy atom. The molecule has 0 amide bonds. The molecule has 1 aliphatic heterocycles. The van der Waals surface area contributed by atoms with E-state index in [-0.39, 0.29) is 5.78 Å². The van der Waals surface area contributed by atoms with Crippen molar-refractivity contribution in [3.05, 3.63) is 29.3 Å². The summed E-state index contributed by atoms with van der Waals surface area (Å²) >= 11 is 0. The van der Waals surface area contributed by atoms with Crippen LogP contribution in [0, 0.1) is 11.3 Å². The lowest BCUT2D eigenvalue weighted by Gasteiger charge is -2.25. The van der Waals surface area contributed by atoms with Gasteiger partial charge in [-0.05, 0) is 38.0 Å². The van der Waals surface area contributed by atoms with Crippen molar-refractivity contribution in [2.24, 2.45) is 0 Å². The first-order valence-corrected chi connectivity index (χ1v) is 6.52. The van der Waals surface area contributed by atoms with Crippen LogP contribution in [0.15, 0.2) is 18.2 Å². The Kier molecular flexibility index (Phi) is 3.99. The van der Waals surface area contributed by atoms with Crippen molar-refractivity contribution in [2.45, 2.75) is 32.6 Å². The fourth-order valence-corrected chi connectivity index (χ4v) is 2.47. The number of Topliss-reactive ketones (excluding diaryl/α,β-unsaturated/α-hetero) is 1. The Labute approximate surface area is 108 Å². The summed E-state index contributed by atoms with van der Waals surface area (Å²) in [5.74, 6) is 0.0683. The zero-order chi connectivity index (χ0) is 13.0. The minimum absolute atomic E-state index is 0.0683. The fraction of sp³-hybridized carbons (Fsp3) is 0.467. The summed E-state index contributed by atoms with van der Waals surface area (Å²) in [5, 5.41) is 8.99. The number of anilines is 1. The highest BCUT2D eigenvalue weighted by Crippen LogP contribution is 2.25. The van der Waals surface area contributed by atoms with Crippen molar-refractivity contribution >= 4 is 11.5 Å². The average Bonchev–Trinajstić information content (AvgIpc) is 2.66. The van der Waals surface area contributed by atoms with E-state index in [0.29, 0.717) is 5.56 Å². The van der Waals surface area contributed by atoms with Crippen molar-refractivity contribution in [1.29, 1.82) is 5.26 Å². The summed E-state index contributed by atoms with van der Waals surface area (Å²) in [6, 6.07) is 7.50. The highest BCUT2D eigenvalue weighted by atomic mass is 16.1. The maximum atomic E-state index is 11.7. The number of rotatable bonds is 2. The largest absolute Gasteiger partial charge is 0.371 e. The van der Waals surface area contributed by atoms with Gasteiger partial charge in [0, 0.05) is 24.3 Å². The lowest BCUT2D eigenvalue weighted by atomic mass is 10.1. The first-order chi connectivity index (χ1) is 8.72. The van der Waals surface area contributed by atoms with E-state index in [4.69, 9.17) is 5.26 Å². The van der Waals surface area contributed by atoms with E-state index in [2.05, 4.69) is 11.0 Å². The molecular weight excluding hydrogens is 224 g/mol. The van der Waals surface area contributed by atoms with Crippen LogP contribution in [0.5, 0.6) is 0 Å². The molecule has 1 fully saturated rings. The smallest absolute Gasteiger partial charge is 0.161 e. The molecule has 1 heterocycles. The van der Waals surface area contributed by atoms with Gasteiger partial charge in [-0.1, -0.05) is 12.8 Å². The third-order valence-corrected chi connectivity index (χ3v) is 3.45. The van der Waals surface area contributed by atoms with Crippen LogP contribution in [0.2, 0.25) is 0 Å². The van der Waals surface area contributed by atoms with Gasteiger partial charge in [0.15, 0.2) is 5.78 Å². The van der Waals surface area contributed by atoms with Crippen molar-refractivity contribution in [1.82, 2.24) is 0 Å². The molecule has 3 nitrogen and oxygen atoms in total. The van der Waals surface area contributed by atoms with Crippen molar-refractivity contribution in [3.8, 4) is 6.07 Å². The fourth-order valence-electron chi connectivity index (χ4n) is 2.47. The summed E-state index contributed by atoms with van der Waals surface area (Å²) in [7, 11) is 0. The lowest BCUT2D eigenvalue weighted by molar-refractivity contribution is 0.101. The zero-order valence-electron chi connectivity index (χ0n) is 10.8. The maximum absolute atomic E-state index is 11.7. The Morgan fingerprint density at radius 2 is 1.89 bits per heavy atom. The number of nitriles is 1. The molecule has 0 N–H and O–H groups in total. The van der Waals surface area contributed by atoms with Crippen LogP contribution in [-0.2, 0) is 0 Å². The van der Waals surface area contributed by atoms with Gasteiger partial charge in [-0.3, -0.25) is 4.79 Å². The Balaban J connectivity index is 2.39. The molecule has 1 saturated heterocycles. The second-order valence-electron chi connectivity index (χ2n) is 4.80. The summed E-state index contributed by atoms with van der Waals surface area (Å²) in [4.78, 5) is 13.9. The van der Waals surface area contributed by atoms with E-state index in [1.54, 1.807) is 19.1 Å². The normalized spacial score (nSPS) is 15.9. The zero-order valence-corrected chi connectivity index (χ0v) is 10.8. The van der Waals surface area contributed by atoms with Gasteiger partial charge in [-0.25, -0.2) is 0 Å². The topological polar surface area (TPSA) is 44.1 Å². The maximum Gasteiger partial charge on any atom is 0.161 e. The first kappa shape index (κ1) is 12.6. The standard InChI is InChI=1S/C15H18N2O/c1-12(18)14-7-6-13(11-16)10-15(14)17-8-4-2-3-5-9-17/h6-7,10H,2-5,8-9H2,1H3. The monoisotopic (exact) mass is 242 g/mol. The van der Waals surface area contributed by atoms with Gasteiger partial charge in [0.05, 0.1) is 11.6 Å². The molecule has 0 radical (unpaired) electrons. The molecule has 0 aliphatic carbocycles. The molecule has 2 rings (SSSR count). The summed E-state index contributed by atoms with van der Waals surface area (Å²) in [6.07, 6.45) is 4.83. The van der Waals surface area contributed by atoms with Gasteiger partial charge in [0.25, 0.3) is 0 Å². The molecule has 1 aliphatic rings. The molecule has 3 heteroatoms. The average molecular weight is 242 g/mol. The second kappa shape index (κ2) is 5.68. The van der Waals surface area contributed by atoms with Crippen molar-refractivity contribution < 1.29 is 4.79 Å². The summed E-state index contributed by atoms with van der Waals surface area (Å²) in [5.41, 5.74) is 2.29. The number of carbonyl (C=O) groups excluding carboxylic acids is 1. The predicted octanol–water partition coefficient (Wildman–Crippen LogP) is 3.14. The molecule has 0 spiro atoms. The summed E-state index contributed by atoms with van der Waals surface area (Å²) in [6.45, 7) is 3.55. The number of carbonyl (C=O) groups is 1. The van der Waals surface area contributed by atoms with E-state index >= 15 is 0 Å². The van der Waals surface area contributed by atoms with Crippen LogP contribution in [0.1, 0.15) is 48.5 Å². The Hall–Kier alpha value is -1.82. The molecular formula is C15H18N2O. The van der Waals surface area contributed by atoms with E-state index in [1.165, 1.54) is 12.8 Å². The molecule has 94 valence electrons. The molecule has 0 unspecified atom stereocenters. The van der Waals surface area contributed by atoms with Crippen molar-refractivity contribution in [2.75, 3.05) is 18.0 Å². The predicted molar refractivity (Wildman–Crippen MR) is 71.8 cm³/mol. The SMILES string of the molecule is CC(=O)c1ccc(C#N)cc1N1CCCCCC1. The number of hydrogen-bond donors (Lipinski definition) is 0. The minimum atomic E-state index is 0.0683. The highest BCUT2D eigenvalue weighted by Gasteiger charge is 2.16. The van der Waals surface area contributed by atoms with Gasteiger partial charge < -0.3 is 4.90 Å².